The van der Waals surface area contributed by atoms with Crippen LogP contribution in [0.15, 0.2) is 12.1 Å². The van der Waals surface area contributed by atoms with Gasteiger partial charge in [-0.2, -0.15) is 5.26 Å². The molecule has 16 heavy (non-hydrogen) atoms. The molecule has 0 heterocycles. The predicted molar refractivity (Wildman–Crippen MR) is 58.6 cm³/mol. The lowest BCUT2D eigenvalue weighted by atomic mass is 10.1. The minimum Gasteiger partial charge on any atom is -0.493 e. The summed E-state index contributed by atoms with van der Waals surface area (Å²) < 4.78 is 10.2. The molecule has 0 saturated heterocycles. The molecule has 0 amide bonds. The molecule has 1 aromatic rings. The molecule has 1 aromatic carbocycles. The summed E-state index contributed by atoms with van der Waals surface area (Å²) in [6.45, 7) is 1.50. The number of carbonyl (C=O) groups excluding carboxylic acids is 1. The first-order chi connectivity index (χ1) is 7.62. The van der Waals surface area contributed by atoms with Gasteiger partial charge in [-0.15, -0.1) is 0 Å². The van der Waals surface area contributed by atoms with E-state index in [4.69, 9.17) is 14.7 Å². The van der Waals surface area contributed by atoms with Crippen molar-refractivity contribution in [2.75, 3.05) is 14.2 Å². The summed E-state index contributed by atoms with van der Waals surface area (Å²) in [4.78, 5) is 11.0. The molecule has 0 radical (unpaired) electrons. The average Bonchev–Trinajstić information content (AvgIpc) is 2.26. The van der Waals surface area contributed by atoms with Crippen molar-refractivity contribution in [3.8, 4) is 17.6 Å². The zero-order valence-electron chi connectivity index (χ0n) is 9.53. The van der Waals surface area contributed by atoms with Gasteiger partial charge in [0.15, 0.2) is 11.5 Å². The molecule has 4 heteroatoms. The summed E-state index contributed by atoms with van der Waals surface area (Å²) in [5.41, 5.74) is 1.12. The number of hydrogen-bond acceptors (Lipinski definition) is 4. The number of carbonyl (C=O) groups is 1. The summed E-state index contributed by atoms with van der Waals surface area (Å²) in [6, 6.07) is 5.37. The lowest BCUT2D eigenvalue weighted by Gasteiger charge is -2.10. The van der Waals surface area contributed by atoms with Crippen LogP contribution in [-0.4, -0.2) is 20.0 Å². The van der Waals surface area contributed by atoms with Crippen molar-refractivity contribution in [2.45, 2.75) is 13.3 Å². The quantitative estimate of drug-likeness (QED) is 0.773. The number of methoxy groups -OCH3 is 2. The highest BCUT2D eigenvalue weighted by Gasteiger charge is 2.12. The first kappa shape index (κ1) is 12.1. The summed E-state index contributed by atoms with van der Waals surface area (Å²) in [7, 11) is 2.97. The fraction of sp³-hybridized carbons (Fsp3) is 0.333. The van der Waals surface area contributed by atoms with Crippen molar-refractivity contribution in [2.24, 2.45) is 0 Å². The zero-order chi connectivity index (χ0) is 12.1. The van der Waals surface area contributed by atoms with Crippen LogP contribution < -0.4 is 9.47 Å². The fourth-order valence-corrected chi connectivity index (χ4v) is 1.49. The molecule has 0 aliphatic carbocycles. The molecular formula is C12H13NO3. The molecule has 0 fully saturated rings. The monoisotopic (exact) mass is 219 g/mol. The van der Waals surface area contributed by atoms with Gasteiger partial charge in [0, 0.05) is 6.42 Å². The standard InChI is InChI=1S/C12H13NO3/c1-8(14)4-9-5-10(7-13)12(16-3)11(6-9)15-2/h5-6H,4H2,1-3H3. The molecule has 0 N–H and O–H groups in total. The topological polar surface area (TPSA) is 59.3 Å². The number of nitrogens with zero attached hydrogens (tertiary/aromatic N) is 1. The Morgan fingerprint density at radius 1 is 1.38 bits per heavy atom. The Labute approximate surface area is 94.4 Å². The number of Topliss-reactive ketones (excluding diaryl/α,β-unsaturated/α-hetero) is 1. The van der Waals surface area contributed by atoms with E-state index in [1.165, 1.54) is 21.1 Å². The van der Waals surface area contributed by atoms with Crippen molar-refractivity contribution in [1.29, 1.82) is 5.26 Å². The maximum absolute atomic E-state index is 11.0. The Balaban J connectivity index is 3.27. The molecule has 84 valence electrons. The Morgan fingerprint density at radius 2 is 2.06 bits per heavy atom. The largest absolute Gasteiger partial charge is 0.493 e. The normalized spacial score (nSPS) is 9.38. The highest BCUT2D eigenvalue weighted by Crippen LogP contribution is 2.32. The van der Waals surface area contributed by atoms with Crippen LogP contribution in [0, 0.1) is 11.3 Å². The van der Waals surface area contributed by atoms with E-state index in [2.05, 4.69) is 0 Å². The maximum Gasteiger partial charge on any atom is 0.178 e. The maximum atomic E-state index is 11.0. The molecule has 0 saturated carbocycles. The van der Waals surface area contributed by atoms with Gasteiger partial charge in [-0.05, 0) is 24.6 Å². The number of hydrogen-bond donors (Lipinski definition) is 0. The number of rotatable bonds is 4. The van der Waals surface area contributed by atoms with Crippen LogP contribution in [0.5, 0.6) is 11.5 Å². The highest BCUT2D eigenvalue weighted by atomic mass is 16.5. The fourth-order valence-electron chi connectivity index (χ4n) is 1.49. The van der Waals surface area contributed by atoms with Crippen molar-refractivity contribution < 1.29 is 14.3 Å². The highest BCUT2D eigenvalue weighted by molar-refractivity contribution is 5.78. The van der Waals surface area contributed by atoms with Crippen LogP contribution >= 0.6 is 0 Å². The molecule has 0 spiro atoms. The number of ketones is 1. The Hall–Kier alpha value is -2.02. The number of benzene rings is 1. The van der Waals surface area contributed by atoms with E-state index < -0.39 is 0 Å². The van der Waals surface area contributed by atoms with E-state index in [9.17, 15) is 4.79 Å². The van der Waals surface area contributed by atoms with Gasteiger partial charge in [0.1, 0.15) is 11.9 Å². The molecule has 0 aliphatic rings. The van der Waals surface area contributed by atoms with E-state index >= 15 is 0 Å². The summed E-state index contributed by atoms with van der Waals surface area (Å²) in [5, 5.41) is 8.96. The second-order valence-corrected chi connectivity index (χ2v) is 3.37. The second-order valence-electron chi connectivity index (χ2n) is 3.37. The van der Waals surface area contributed by atoms with E-state index in [1.54, 1.807) is 12.1 Å². The average molecular weight is 219 g/mol. The minimum atomic E-state index is 0.0381. The van der Waals surface area contributed by atoms with Gasteiger partial charge in [0.05, 0.1) is 19.8 Å². The van der Waals surface area contributed by atoms with Crippen molar-refractivity contribution in [1.82, 2.24) is 0 Å². The second kappa shape index (κ2) is 5.17. The third kappa shape index (κ3) is 2.51. The van der Waals surface area contributed by atoms with Crippen molar-refractivity contribution in [3.05, 3.63) is 23.3 Å². The van der Waals surface area contributed by atoms with Gasteiger partial charge in [-0.25, -0.2) is 0 Å². The van der Waals surface area contributed by atoms with E-state index in [0.29, 0.717) is 17.1 Å². The van der Waals surface area contributed by atoms with Crippen molar-refractivity contribution >= 4 is 5.78 Å². The molecule has 0 aliphatic heterocycles. The van der Waals surface area contributed by atoms with E-state index in [0.717, 1.165) is 5.56 Å². The third-order valence-corrected chi connectivity index (χ3v) is 2.11. The molecule has 4 nitrogen and oxygen atoms in total. The summed E-state index contributed by atoms with van der Waals surface area (Å²) >= 11 is 0. The Bertz CT molecular complexity index is 446. The smallest absolute Gasteiger partial charge is 0.178 e. The lowest BCUT2D eigenvalue weighted by molar-refractivity contribution is -0.116. The van der Waals surface area contributed by atoms with E-state index in [1.807, 2.05) is 6.07 Å². The molecule has 0 aromatic heterocycles. The van der Waals surface area contributed by atoms with Gasteiger partial charge in [0.2, 0.25) is 0 Å². The summed E-state index contributed by atoms with van der Waals surface area (Å²) in [5.74, 6) is 0.909. The number of nitriles is 1. The van der Waals surface area contributed by atoms with Crippen LogP contribution in [0.2, 0.25) is 0 Å². The lowest BCUT2D eigenvalue weighted by Crippen LogP contribution is -2.00. The van der Waals surface area contributed by atoms with Crippen LogP contribution in [0.4, 0.5) is 0 Å². The van der Waals surface area contributed by atoms with Gasteiger partial charge in [-0.3, -0.25) is 4.79 Å². The molecule has 0 unspecified atom stereocenters. The molecule has 1 rings (SSSR count). The predicted octanol–water partition coefficient (Wildman–Crippen LogP) is 1.71. The zero-order valence-corrected chi connectivity index (χ0v) is 9.53. The van der Waals surface area contributed by atoms with Gasteiger partial charge < -0.3 is 9.47 Å². The van der Waals surface area contributed by atoms with Gasteiger partial charge in [0.25, 0.3) is 0 Å². The minimum absolute atomic E-state index is 0.0381. The first-order valence-corrected chi connectivity index (χ1v) is 4.76. The first-order valence-electron chi connectivity index (χ1n) is 4.76. The summed E-state index contributed by atoms with van der Waals surface area (Å²) in [6.07, 6.45) is 0.287. The Morgan fingerprint density at radius 3 is 2.50 bits per heavy atom. The van der Waals surface area contributed by atoms with Gasteiger partial charge in [-0.1, -0.05) is 0 Å². The van der Waals surface area contributed by atoms with E-state index in [-0.39, 0.29) is 12.2 Å². The number of ether oxygens (including phenoxy) is 2. The van der Waals surface area contributed by atoms with Crippen LogP contribution in [0.25, 0.3) is 0 Å². The van der Waals surface area contributed by atoms with Gasteiger partial charge >= 0.3 is 0 Å². The third-order valence-electron chi connectivity index (χ3n) is 2.11. The van der Waals surface area contributed by atoms with Crippen LogP contribution in [0.3, 0.4) is 0 Å². The molecule has 0 bridgehead atoms. The molecule has 0 atom stereocenters. The van der Waals surface area contributed by atoms with Crippen LogP contribution in [0.1, 0.15) is 18.1 Å². The Kier molecular flexibility index (Phi) is 3.90. The van der Waals surface area contributed by atoms with Crippen LogP contribution in [-0.2, 0) is 11.2 Å². The molecular weight excluding hydrogens is 206 g/mol. The SMILES string of the molecule is COc1cc(CC(C)=O)cc(C#N)c1OC. The van der Waals surface area contributed by atoms with Crippen molar-refractivity contribution in [3.63, 3.8) is 0 Å².